The molecule has 2 aromatic carbocycles. The van der Waals surface area contributed by atoms with Crippen molar-refractivity contribution in [2.75, 3.05) is 12.2 Å². The van der Waals surface area contributed by atoms with E-state index in [2.05, 4.69) is 4.74 Å². The first kappa shape index (κ1) is 21.6. The van der Waals surface area contributed by atoms with Gasteiger partial charge in [-0.2, -0.15) is 18.2 Å². The van der Waals surface area contributed by atoms with E-state index in [0.29, 0.717) is 5.75 Å². The number of alkyl halides is 3. The van der Waals surface area contributed by atoms with Gasteiger partial charge in [-0.05, 0) is 55.2 Å². The van der Waals surface area contributed by atoms with E-state index in [-0.39, 0.29) is 16.3 Å². The van der Waals surface area contributed by atoms with Gasteiger partial charge in [-0.15, -0.1) is 0 Å². The number of benzene rings is 2. The SMILES string of the molecule is CCc1cc(C)c(OCc2c(N(O)C(=O)OC)cccc2C(F)(F)F)cc1C. The summed E-state index contributed by atoms with van der Waals surface area (Å²) in [5.74, 6) is 0.431. The topological polar surface area (TPSA) is 59.0 Å². The van der Waals surface area contributed by atoms with Crippen LogP contribution >= 0.6 is 0 Å². The second-order valence-corrected chi connectivity index (χ2v) is 6.27. The number of nitrogens with zero attached hydrogens (tertiary/aromatic N) is 1. The Balaban J connectivity index is 2.46. The highest BCUT2D eigenvalue weighted by Gasteiger charge is 2.36. The van der Waals surface area contributed by atoms with Crippen LogP contribution in [0.25, 0.3) is 0 Å². The van der Waals surface area contributed by atoms with Crippen molar-refractivity contribution < 1.29 is 32.6 Å². The second kappa shape index (κ2) is 8.52. The molecule has 0 aliphatic rings. The molecule has 8 heteroatoms. The van der Waals surface area contributed by atoms with Gasteiger partial charge in [-0.3, -0.25) is 5.21 Å². The van der Waals surface area contributed by atoms with Crippen molar-refractivity contribution in [3.63, 3.8) is 0 Å². The molecule has 0 aliphatic heterocycles. The van der Waals surface area contributed by atoms with Crippen LogP contribution in [0.3, 0.4) is 0 Å². The van der Waals surface area contributed by atoms with E-state index in [1.54, 1.807) is 13.0 Å². The quantitative estimate of drug-likeness (QED) is 0.540. The normalized spacial score (nSPS) is 11.3. The summed E-state index contributed by atoms with van der Waals surface area (Å²) in [6.45, 7) is 5.21. The number of anilines is 1. The van der Waals surface area contributed by atoms with Crippen LogP contribution in [0, 0.1) is 13.8 Å². The van der Waals surface area contributed by atoms with Gasteiger partial charge in [0.25, 0.3) is 0 Å². The zero-order chi connectivity index (χ0) is 21.1. The Labute approximate surface area is 161 Å². The van der Waals surface area contributed by atoms with Crippen LogP contribution in [0.4, 0.5) is 23.7 Å². The van der Waals surface area contributed by atoms with Gasteiger partial charge in [0.15, 0.2) is 0 Å². The molecule has 0 aliphatic carbocycles. The molecule has 0 heterocycles. The molecule has 1 amide bonds. The first-order chi connectivity index (χ1) is 13.1. The number of methoxy groups -OCH3 is 1. The smallest absolute Gasteiger partial charge is 0.438 e. The fourth-order valence-corrected chi connectivity index (χ4v) is 2.91. The number of hydrogen-bond acceptors (Lipinski definition) is 4. The lowest BCUT2D eigenvalue weighted by molar-refractivity contribution is -0.138. The predicted octanol–water partition coefficient (Wildman–Crippen LogP) is 5.43. The number of rotatable bonds is 5. The summed E-state index contributed by atoms with van der Waals surface area (Å²) in [5, 5.41) is 9.99. The molecule has 0 saturated heterocycles. The highest BCUT2D eigenvalue weighted by Crippen LogP contribution is 2.37. The van der Waals surface area contributed by atoms with Gasteiger partial charge >= 0.3 is 12.3 Å². The fraction of sp³-hybridized carbons (Fsp3) is 0.350. The van der Waals surface area contributed by atoms with Crippen LogP contribution in [-0.2, 0) is 23.9 Å². The molecular weight excluding hydrogens is 375 g/mol. The van der Waals surface area contributed by atoms with Crippen LogP contribution in [0.5, 0.6) is 5.75 Å². The Morgan fingerprint density at radius 1 is 1.18 bits per heavy atom. The van der Waals surface area contributed by atoms with Gasteiger partial charge < -0.3 is 9.47 Å². The standard InChI is InChI=1S/C20H22F3NO4/c1-5-14-9-13(3)18(10-12(14)2)28-11-15-16(20(21,22)23)7-6-8-17(15)24(26)19(25)27-4/h6-10,26H,5,11H2,1-4H3. The number of hydroxylamine groups is 1. The third-order valence-corrected chi connectivity index (χ3v) is 4.42. The molecule has 5 nitrogen and oxygen atoms in total. The number of amides is 1. The van der Waals surface area contributed by atoms with Gasteiger partial charge in [-0.25, -0.2) is 4.79 Å². The molecule has 0 unspecified atom stereocenters. The zero-order valence-corrected chi connectivity index (χ0v) is 16.1. The Hall–Kier alpha value is -2.74. The van der Waals surface area contributed by atoms with Crippen LogP contribution in [-0.4, -0.2) is 18.4 Å². The molecule has 152 valence electrons. The number of halogens is 3. The average molecular weight is 397 g/mol. The number of ether oxygens (including phenoxy) is 2. The minimum absolute atomic E-state index is 0.0340. The maximum Gasteiger partial charge on any atom is 0.438 e. The molecule has 0 atom stereocenters. The third kappa shape index (κ3) is 4.56. The molecule has 0 spiro atoms. The van der Waals surface area contributed by atoms with Gasteiger partial charge in [0.2, 0.25) is 0 Å². The second-order valence-electron chi connectivity index (χ2n) is 6.27. The van der Waals surface area contributed by atoms with Crippen molar-refractivity contribution in [1.29, 1.82) is 0 Å². The molecule has 1 N–H and O–H groups in total. The van der Waals surface area contributed by atoms with Crippen LogP contribution in [0.1, 0.15) is 34.7 Å². The van der Waals surface area contributed by atoms with E-state index in [0.717, 1.165) is 42.4 Å². The minimum atomic E-state index is -4.69. The number of hydrogen-bond donors (Lipinski definition) is 1. The highest BCUT2D eigenvalue weighted by molar-refractivity contribution is 5.86. The van der Waals surface area contributed by atoms with Crippen LogP contribution < -0.4 is 9.80 Å². The van der Waals surface area contributed by atoms with Gasteiger partial charge in [0, 0.05) is 5.56 Å². The largest absolute Gasteiger partial charge is 0.489 e. The first-order valence-electron chi connectivity index (χ1n) is 8.59. The summed E-state index contributed by atoms with van der Waals surface area (Å²) in [5.41, 5.74) is 1.12. The van der Waals surface area contributed by atoms with Crippen molar-refractivity contribution in [3.05, 3.63) is 58.1 Å². The molecule has 2 rings (SSSR count). The minimum Gasteiger partial charge on any atom is -0.489 e. The van der Waals surface area contributed by atoms with Crippen molar-refractivity contribution in [1.82, 2.24) is 0 Å². The summed E-state index contributed by atoms with van der Waals surface area (Å²) in [6, 6.07) is 6.84. The summed E-state index contributed by atoms with van der Waals surface area (Å²) in [7, 11) is 1.01. The average Bonchev–Trinajstić information content (AvgIpc) is 2.65. The summed E-state index contributed by atoms with van der Waals surface area (Å²) < 4.78 is 50.5. The molecule has 0 aromatic heterocycles. The predicted molar refractivity (Wildman–Crippen MR) is 97.7 cm³/mol. The first-order valence-corrected chi connectivity index (χ1v) is 8.59. The number of carbonyl (C=O) groups excluding carboxylic acids is 1. The monoisotopic (exact) mass is 397 g/mol. The van der Waals surface area contributed by atoms with Crippen LogP contribution in [0.15, 0.2) is 30.3 Å². The summed E-state index contributed by atoms with van der Waals surface area (Å²) in [4.78, 5) is 11.6. The molecule has 0 bridgehead atoms. The van der Waals surface area contributed by atoms with E-state index in [4.69, 9.17) is 4.74 Å². The Morgan fingerprint density at radius 2 is 1.86 bits per heavy atom. The van der Waals surface area contributed by atoms with E-state index in [1.807, 2.05) is 19.9 Å². The third-order valence-electron chi connectivity index (χ3n) is 4.42. The van der Waals surface area contributed by atoms with Gasteiger partial charge in [-0.1, -0.05) is 19.1 Å². The van der Waals surface area contributed by atoms with Crippen LogP contribution in [0.2, 0.25) is 0 Å². The lowest BCUT2D eigenvalue weighted by atomic mass is 10.0. The highest BCUT2D eigenvalue weighted by atomic mass is 19.4. The molecule has 0 fully saturated rings. The maximum absolute atomic E-state index is 13.5. The fourth-order valence-electron chi connectivity index (χ4n) is 2.91. The zero-order valence-electron chi connectivity index (χ0n) is 16.1. The Morgan fingerprint density at radius 3 is 2.43 bits per heavy atom. The Kier molecular flexibility index (Phi) is 6.56. The number of carbonyl (C=O) groups is 1. The van der Waals surface area contributed by atoms with Gasteiger partial charge in [0.05, 0.1) is 18.4 Å². The summed E-state index contributed by atoms with van der Waals surface area (Å²) in [6.07, 6.45) is -5.07. The van der Waals surface area contributed by atoms with Gasteiger partial charge in [0.1, 0.15) is 12.4 Å². The lowest BCUT2D eigenvalue weighted by Gasteiger charge is -2.22. The Bertz CT molecular complexity index is 865. The van der Waals surface area contributed by atoms with E-state index < -0.39 is 24.4 Å². The summed E-state index contributed by atoms with van der Waals surface area (Å²) >= 11 is 0. The molecule has 2 aromatic rings. The lowest BCUT2D eigenvalue weighted by Crippen LogP contribution is -2.29. The molecular formula is C20H22F3NO4. The van der Waals surface area contributed by atoms with Crippen molar-refractivity contribution in [2.45, 2.75) is 40.0 Å². The molecule has 28 heavy (non-hydrogen) atoms. The maximum atomic E-state index is 13.5. The van der Waals surface area contributed by atoms with E-state index >= 15 is 0 Å². The number of aryl methyl sites for hydroxylation is 3. The van der Waals surface area contributed by atoms with E-state index in [9.17, 15) is 23.2 Å². The molecule has 0 saturated carbocycles. The van der Waals surface area contributed by atoms with E-state index in [1.165, 1.54) is 6.07 Å². The van der Waals surface area contributed by atoms with Crippen molar-refractivity contribution in [2.24, 2.45) is 0 Å². The molecule has 0 radical (unpaired) electrons. The van der Waals surface area contributed by atoms with Crippen molar-refractivity contribution in [3.8, 4) is 5.75 Å². The van der Waals surface area contributed by atoms with Crippen molar-refractivity contribution >= 4 is 11.8 Å².